The van der Waals surface area contributed by atoms with Crippen LogP contribution in [-0.2, 0) is 26.6 Å². The van der Waals surface area contributed by atoms with Crippen LogP contribution in [0.2, 0.25) is 0 Å². The molecule has 15 heavy (non-hydrogen) atoms. The SMILES string of the molecule is COC(=O)Cc1ccc(CBr)c(CBr)c1. The molecule has 1 aromatic rings. The smallest absolute Gasteiger partial charge is 0.309 e. The van der Waals surface area contributed by atoms with Gasteiger partial charge in [-0.25, -0.2) is 0 Å². The minimum absolute atomic E-state index is 0.206. The van der Waals surface area contributed by atoms with Crippen LogP contribution in [0.1, 0.15) is 16.7 Å². The molecule has 0 fully saturated rings. The maximum absolute atomic E-state index is 11.1. The first-order valence-corrected chi connectivity index (χ1v) is 6.75. The van der Waals surface area contributed by atoms with Crippen LogP contribution in [0.3, 0.4) is 0 Å². The average molecular weight is 336 g/mol. The summed E-state index contributed by atoms with van der Waals surface area (Å²) in [5, 5.41) is 1.62. The number of halogens is 2. The second kappa shape index (κ2) is 6.28. The number of rotatable bonds is 4. The van der Waals surface area contributed by atoms with Gasteiger partial charge in [0.1, 0.15) is 0 Å². The summed E-state index contributed by atoms with van der Waals surface area (Å²) in [6.45, 7) is 0. The predicted octanol–water partition coefficient (Wildman–Crippen LogP) is 3.19. The summed E-state index contributed by atoms with van der Waals surface area (Å²) < 4.78 is 4.62. The van der Waals surface area contributed by atoms with Crippen LogP contribution in [0.4, 0.5) is 0 Å². The van der Waals surface area contributed by atoms with E-state index in [-0.39, 0.29) is 5.97 Å². The highest BCUT2D eigenvalue weighted by molar-refractivity contribution is 9.09. The number of hydrogen-bond acceptors (Lipinski definition) is 2. The Bertz CT molecular complexity index is 350. The van der Waals surface area contributed by atoms with Gasteiger partial charge in [0.15, 0.2) is 0 Å². The molecule has 0 radical (unpaired) electrons. The largest absolute Gasteiger partial charge is 0.469 e. The fourth-order valence-electron chi connectivity index (χ4n) is 1.28. The quantitative estimate of drug-likeness (QED) is 0.624. The summed E-state index contributed by atoms with van der Waals surface area (Å²) in [6, 6.07) is 6.02. The molecule has 0 bridgehead atoms. The third-order valence-electron chi connectivity index (χ3n) is 2.13. The summed E-state index contributed by atoms with van der Waals surface area (Å²) in [5.41, 5.74) is 3.43. The molecule has 1 rings (SSSR count). The van der Waals surface area contributed by atoms with Crippen LogP contribution in [0.25, 0.3) is 0 Å². The van der Waals surface area contributed by atoms with E-state index in [4.69, 9.17) is 0 Å². The lowest BCUT2D eigenvalue weighted by atomic mass is 10.0. The fraction of sp³-hybridized carbons (Fsp3) is 0.364. The molecule has 0 heterocycles. The Labute approximate surface area is 106 Å². The van der Waals surface area contributed by atoms with E-state index in [1.54, 1.807) is 0 Å². The standard InChI is InChI=1S/C11H12Br2O2/c1-15-11(14)5-8-2-3-9(6-12)10(4-8)7-13/h2-4H,5-7H2,1H3. The number of carbonyl (C=O) groups is 1. The van der Waals surface area contributed by atoms with E-state index in [1.165, 1.54) is 18.2 Å². The summed E-state index contributed by atoms with van der Waals surface area (Å²) in [6.07, 6.45) is 0.332. The molecular weight excluding hydrogens is 324 g/mol. The first kappa shape index (κ1) is 12.7. The Morgan fingerprint density at radius 2 is 1.93 bits per heavy atom. The normalized spacial score (nSPS) is 10.1. The molecule has 0 aliphatic heterocycles. The number of carbonyl (C=O) groups excluding carboxylic acids is 1. The van der Waals surface area contributed by atoms with E-state index in [9.17, 15) is 4.79 Å². The number of ether oxygens (including phenoxy) is 1. The van der Waals surface area contributed by atoms with Crippen molar-refractivity contribution >= 4 is 37.8 Å². The number of benzene rings is 1. The van der Waals surface area contributed by atoms with Crippen LogP contribution in [0.5, 0.6) is 0 Å². The first-order valence-electron chi connectivity index (χ1n) is 4.50. The lowest BCUT2D eigenvalue weighted by Crippen LogP contribution is -2.05. The molecule has 0 atom stereocenters. The molecule has 0 amide bonds. The van der Waals surface area contributed by atoms with Crippen LogP contribution < -0.4 is 0 Å². The Kier molecular flexibility index (Phi) is 5.32. The van der Waals surface area contributed by atoms with Crippen LogP contribution >= 0.6 is 31.9 Å². The van der Waals surface area contributed by atoms with E-state index in [1.807, 2.05) is 18.2 Å². The number of esters is 1. The Morgan fingerprint density at radius 3 is 2.47 bits per heavy atom. The van der Waals surface area contributed by atoms with Crippen molar-refractivity contribution in [2.24, 2.45) is 0 Å². The van der Waals surface area contributed by atoms with E-state index in [2.05, 4.69) is 36.6 Å². The molecule has 0 N–H and O–H groups in total. The molecule has 0 aromatic heterocycles. The summed E-state index contributed by atoms with van der Waals surface area (Å²) >= 11 is 6.86. The molecular formula is C11H12Br2O2. The Morgan fingerprint density at radius 1 is 1.27 bits per heavy atom. The van der Waals surface area contributed by atoms with E-state index < -0.39 is 0 Å². The molecule has 0 saturated heterocycles. The minimum Gasteiger partial charge on any atom is -0.469 e. The molecule has 0 unspecified atom stereocenters. The van der Waals surface area contributed by atoms with Crippen LogP contribution in [0.15, 0.2) is 18.2 Å². The van der Waals surface area contributed by atoms with Crippen molar-refractivity contribution in [3.63, 3.8) is 0 Å². The third-order valence-corrected chi connectivity index (χ3v) is 3.34. The number of hydrogen-bond donors (Lipinski definition) is 0. The maximum atomic E-state index is 11.1. The van der Waals surface area contributed by atoms with Crippen molar-refractivity contribution < 1.29 is 9.53 Å². The maximum Gasteiger partial charge on any atom is 0.309 e. The van der Waals surface area contributed by atoms with Crippen LogP contribution in [0, 0.1) is 0 Å². The summed E-state index contributed by atoms with van der Waals surface area (Å²) in [4.78, 5) is 11.1. The average Bonchev–Trinajstić information content (AvgIpc) is 2.28. The van der Waals surface area contributed by atoms with Gasteiger partial charge in [0.05, 0.1) is 13.5 Å². The Balaban J connectivity index is 2.88. The van der Waals surface area contributed by atoms with Crippen molar-refractivity contribution in [3.05, 3.63) is 34.9 Å². The minimum atomic E-state index is -0.206. The van der Waals surface area contributed by atoms with Gasteiger partial charge in [-0.1, -0.05) is 50.1 Å². The van der Waals surface area contributed by atoms with Crippen molar-refractivity contribution in [1.82, 2.24) is 0 Å². The zero-order valence-corrected chi connectivity index (χ0v) is 11.6. The topological polar surface area (TPSA) is 26.3 Å². The van der Waals surface area contributed by atoms with Crippen molar-refractivity contribution in [2.45, 2.75) is 17.1 Å². The molecule has 0 saturated carbocycles. The number of methoxy groups -OCH3 is 1. The van der Waals surface area contributed by atoms with Crippen molar-refractivity contribution in [3.8, 4) is 0 Å². The highest BCUT2D eigenvalue weighted by Crippen LogP contribution is 2.18. The van der Waals surface area contributed by atoms with Gasteiger partial charge < -0.3 is 4.74 Å². The van der Waals surface area contributed by atoms with Gasteiger partial charge in [0.25, 0.3) is 0 Å². The van der Waals surface area contributed by atoms with Gasteiger partial charge >= 0.3 is 5.97 Å². The lowest BCUT2D eigenvalue weighted by molar-refractivity contribution is -0.139. The number of alkyl halides is 2. The molecule has 0 spiro atoms. The fourth-order valence-corrected chi connectivity index (χ4v) is 2.35. The second-order valence-corrected chi connectivity index (χ2v) is 4.24. The van der Waals surface area contributed by atoms with Crippen molar-refractivity contribution in [2.75, 3.05) is 7.11 Å². The van der Waals surface area contributed by atoms with Gasteiger partial charge in [-0.3, -0.25) is 4.79 Å². The van der Waals surface area contributed by atoms with Gasteiger partial charge in [0, 0.05) is 10.7 Å². The van der Waals surface area contributed by atoms with Gasteiger partial charge in [-0.2, -0.15) is 0 Å². The molecule has 82 valence electrons. The van der Waals surface area contributed by atoms with Crippen LogP contribution in [-0.4, -0.2) is 13.1 Å². The monoisotopic (exact) mass is 334 g/mol. The van der Waals surface area contributed by atoms with Crippen molar-refractivity contribution in [1.29, 1.82) is 0 Å². The van der Waals surface area contributed by atoms with E-state index in [0.717, 1.165) is 16.2 Å². The van der Waals surface area contributed by atoms with Gasteiger partial charge in [-0.15, -0.1) is 0 Å². The predicted molar refractivity (Wildman–Crippen MR) is 67.4 cm³/mol. The molecule has 0 aliphatic rings. The molecule has 0 aliphatic carbocycles. The Hall–Kier alpha value is -0.350. The molecule has 2 nitrogen and oxygen atoms in total. The third kappa shape index (κ3) is 3.61. The summed E-state index contributed by atoms with van der Waals surface area (Å²) in [7, 11) is 1.40. The first-order chi connectivity index (χ1) is 7.21. The molecule has 4 heteroatoms. The second-order valence-electron chi connectivity index (χ2n) is 3.12. The highest BCUT2D eigenvalue weighted by Gasteiger charge is 2.06. The summed E-state index contributed by atoms with van der Waals surface area (Å²) in [5.74, 6) is -0.206. The molecule has 1 aromatic carbocycles. The van der Waals surface area contributed by atoms with E-state index in [0.29, 0.717) is 6.42 Å². The van der Waals surface area contributed by atoms with Gasteiger partial charge in [0.2, 0.25) is 0 Å². The lowest BCUT2D eigenvalue weighted by Gasteiger charge is -2.07. The van der Waals surface area contributed by atoms with Gasteiger partial charge in [-0.05, 0) is 16.7 Å². The highest BCUT2D eigenvalue weighted by atomic mass is 79.9. The zero-order chi connectivity index (χ0) is 11.3. The zero-order valence-electron chi connectivity index (χ0n) is 8.43. The van der Waals surface area contributed by atoms with E-state index >= 15 is 0 Å².